The Balaban J connectivity index is 1.10. The number of nitrogens with zero attached hydrogens (tertiary/aromatic N) is 1. The highest BCUT2D eigenvalue weighted by molar-refractivity contribution is 6.13. The van der Waals surface area contributed by atoms with Crippen LogP contribution in [0.4, 0.5) is 17.1 Å². The second-order valence-corrected chi connectivity index (χ2v) is 14.5. The van der Waals surface area contributed by atoms with Crippen LogP contribution in [0.2, 0.25) is 0 Å². The third-order valence-corrected chi connectivity index (χ3v) is 11.1. The van der Waals surface area contributed by atoms with Gasteiger partial charge in [-0.1, -0.05) is 194 Å². The quantitative estimate of drug-likeness (QED) is 0.141. The number of hydrogen-bond acceptors (Lipinski definition) is 1. The van der Waals surface area contributed by atoms with E-state index in [4.69, 9.17) is 0 Å². The van der Waals surface area contributed by atoms with Gasteiger partial charge in [-0.25, -0.2) is 0 Å². The zero-order valence-electron chi connectivity index (χ0n) is 31.5. The molecule has 10 aromatic rings. The van der Waals surface area contributed by atoms with Crippen LogP contribution in [0, 0.1) is 0 Å². The lowest BCUT2D eigenvalue weighted by Crippen LogP contribution is -2.11. The highest BCUT2D eigenvalue weighted by atomic mass is 15.1. The molecule has 0 unspecified atom stereocenters. The summed E-state index contributed by atoms with van der Waals surface area (Å²) in [5.74, 6) is 0. The van der Waals surface area contributed by atoms with Gasteiger partial charge in [-0.15, -0.1) is 0 Å². The van der Waals surface area contributed by atoms with Gasteiger partial charge < -0.3 is 4.90 Å². The molecule has 0 radical (unpaired) electrons. The van der Waals surface area contributed by atoms with Crippen molar-refractivity contribution in [2.45, 2.75) is 0 Å². The van der Waals surface area contributed by atoms with Crippen LogP contribution in [-0.2, 0) is 0 Å². The first kappa shape index (κ1) is 34.0. The monoisotopic (exact) mass is 725 g/mol. The van der Waals surface area contributed by atoms with Crippen LogP contribution in [0.1, 0.15) is 0 Å². The summed E-state index contributed by atoms with van der Waals surface area (Å²) in [5.41, 5.74) is 15.3. The Labute approximate surface area is 334 Å². The van der Waals surface area contributed by atoms with Crippen molar-refractivity contribution in [3.63, 3.8) is 0 Å². The van der Waals surface area contributed by atoms with E-state index in [2.05, 4.69) is 241 Å². The zero-order chi connectivity index (χ0) is 38.0. The zero-order valence-corrected chi connectivity index (χ0v) is 31.5. The van der Waals surface area contributed by atoms with Gasteiger partial charge in [0.25, 0.3) is 0 Å². The lowest BCUT2D eigenvalue weighted by Gasteiger charge is -2.28. The maximum absolute atomic E-state index is 2.40. The Bertz CT molecular complexity index is 2970. The van der Waals surface area contributed by atoms with Gasteiger partial charge >= 0.3 is 0 Å². The van der Waals surface area contributed by atoms with E-state index in [-0.39, 0.29) is 0 Å². The number of hydrogen-bond donors (Lipinski definition) is 0. The van der Waals surface area contributed by atoms with Crippen LogP contribution in [0.3, 0.4) is 0 Å². The molecule has 0 aliphatic heterocycles. The smallest absolute Gasteiger partial charge is 0.0540 e. The van der Waals surface area contributed by atoms with E-state index in [9.17, 15) is 0 Å². The fourth-order valence-electron chi connectivity index (χ4n) is 8.29. The number of rotatable bonds is 8. The first-order valence-corrected chi connectivity index (χ1v) is 19.6. The molecule has 0 amide bonds. The minimum atomic E-state index is 1.09. The summed E-state index contributed by atoms with van der Waals surface area (Å²) in [7, 11) is 0. The molecular weight excluding hydrogens is 687 g/mol. The Hall–Kier alpha value is -7.48. The average molecular weight is 726 g/mol. The highest BCUT2D eigenvalue weighted by Crippen LogP contribution is 2.44. The third-order valence-electron chi connectivity index (χ3n) is 11.1. The lowest BCUT2D eigenvalue weighted by molar-refractivity contribution is 1.28. The van der Waals surface area contributed by atoms with E-state index in [1.807, 2.05) is 0 Å². The molecule has 0 bridgehead atoms. The molecule has 0 saturated heterocycles. The van der Waals surface area contributed by atoms with Gasteiger partial charge in [-0.05, 0) is 114 Å². The first-order chi connectivity index (χ1) is 28.3. The first-order valence-electron chi connectivity index (χ1n) is 19.6. The van der Waals surface area contributed by atoms with Crippen molar-refractivity contribution in [1.82, 2.24) is 0 Å². The summed E-state index contributed by atoms with van der Waals surface area (Å²) in [6.45, 7) is 0. The lowest BCUT2D eigenvalue weighted by atomic mass is 9.91. The van der Waals surface area contributed by atoms with E-state index in [1.54, 1.807) is 0 Å². The second kappa shape index (κ2) is 15.0. The molecule has 0 N–H and O–H groups in total. The van der Waals surface area contributed by atoms with Crippen LogP contribution in [0.25, 0.3) is 77.2 Å². The maximum Gasteiger partial charge on any atom is 0.0540 e. The molecule has 0 aliphatic rings. The van der Waals surface area contributed by atoms with Gasteiger partial charge in [0.15, 0.2) is 0 Å². The second-order valence-electron chi connectivity index (χ2n) is 14.5. The molecule has 1 nitrogen and oxygen atoms in total. The Morgan fingerprint density at radius 3 is 1.33 bits per heavy atom. The summed E-state index contributed by atoms with van der Waals surface area (Å²) in [6.07, 6.45) is 0. The standard InChI is InChI=1S/C56H39N/c1-4-16-40(17-5-1)45-32-37-50(41-18-6-2-7-19-41)54(38-45)43-28-33-47(34-29-43)57(56-27-15-14-24-51(56)42-20-8-3-9-21-42)48-35-30-44(31-36-48)55-39-46-22-10-11-23-49(46)52-25-12-13-26-53(52)55/h1-39H. The number of benzene rings is 10. The molecule has 0 heterocycles. The van der Waals surface area contributed by atoms with Crippen LogP contribution < -0.4 is 4.90 Å². The summed E-state index contributed by atoms with van der Waals surface area (Å²) in [6, 6.07) is 85.6. The fraction of sp³-hybridized carbons (Fsp3) is 0. The summed E-state index contributed by atoms with van der Waals surface area (Å²) >= 11 is 0. The Morgan fingerprint density at radius 1 is 0.228 bits per heavy atom. The van der Waals surface area contributed by atoms with Crippen molar-refractivity contribution in [1.29, 1.82) is 0 Å². The maximum atomic E-state index is 2.40. The third kappa shape index (κ3) is 6.56. The van der Waals surface area contributed by atoms with Gasteiger partial charge in [0.05, 0.1) is 5.69 Å². The van der Waals surface area contributed by atoms with Gasteiger partial charge in [0.1, 0.15) is 0 Å². The number of fused-ring (bicyclic) bond motifs is 3. The van der Waals surface area contributed by atoms with Crippen molar-refractivity contribution in [2.24, 2.45) is 0 Å². The SMILES string of the molecule is c1ccc(-c2ccc(-c3ccccc3)c(-c3ccc(N(c4ccc(-c5cc6ccccc6c6ccccc56)cc4)c4ccccc4-c4ccccc4)cc3)c2)cc1. The molecule has 0 fully saturated rings. The molecule has 0 aliphatic carbocycles. The Kier molecular flexibility index (Phi) is 8.95. The highest BCUT2D eigenvalue weighted by Gasteiger charge is 2.19. The summed E-state index contributed by atoms with van der Waals surface area (Å²) in [5, 5.41) is 5.07. The van der Waals surface area contributed by atoms with Crippen molar-refractivity contribution in [3.8, 4) is 55.6 Å². The Morgan fingerprint density at radius 2 is 0.684 bits per heavy atom. The van der Waals surface area contributed by atoms with Crippen molar-refractivity contribution >= 4 is 38.6 Å². The predicted octanol–water partition coefficient (Wildman–Crippen LogP) is 15.8. The van der Waals surface area contributed by atoms with Crippen LogP contribution in [0.15, 0.2) is 237 Å². The predicted molar refractivity (Wildman–Crippen MR) is 243 cm³/mol. The van der Waals surface area contributed by atoms with Crippen molar-refractivity contribution in [3.05, 3.63) is 237 Å². The molecular formula is C56H39N. The topological polar surface area (TPSA) is 3.24 Å². The van der Waals surface area contributed by atoms with Crippen molar-refractivity contribution in [2.75, 3.05) is 4.90 Å². The molecule has 0 spiro atoms. The molecule has 10 aromatic carbocycles. The minimum absolute atomic E-state index is 1.09. The van der Waals surface area contributed by atoms with Gasteiger partial charge in [0.2, 0.25) is 0 Å². The van der Waals surface area contributed by atoms with Gasteiger partial charge in [0, 0.05) is 16.9 Å². The molecule has 57 heavy (non-hydrogen) atoms. The van der Waals surface area contributed by atoms with Crippen LogP contribution in [-0.4, -0.2) is 0 Å². The molecule has 268 valence electrons. The van der Waals surface area contributed by atoms with Gasteiger partial charge in [-0.2, -0.15) is 0 Å². The van der Waals surface area contributed by atoms with E-state index < -0.39 is 0 Å². The summed E-state index contributed by atoms with van der Waals surface area (Å²) in [4.78, 5) is 2.40. The molecule has 0 aromatic heterocycles. The molecule has 0 saturated carbocycles. The van der Waals surface area contributed by atoms with Crippen LogP contribution in [0.5, 0.6) is 0 Å². The van der Waals surface area contributed by atoms with E-state index in [1.165, 1.54) is 77.2 Å². The molecule has 10 rings (SSSR count). The van der Waals surface area contributed by atoms with E-state index in [0.29, 0.717) is 0 Å². The largest absolute Gasteiger partial charge is 0.310 e. The minimum Gasteiger partial charge on any atom is -0.310 e. The molecule has 0 atom stereocenters. The van der Waals surface area contributed by atoms with Gasteiger partial charge in [-0.3, -0.25) is 0 Å². The molecule has 1 heteroatoms. The van der Waals surface area contributed by atoms with Crippen molar-refractivity contribution < 1.29 is 0 Å². The number of anilines is 3. The van der Waals surface area contributed by atoms with E-state index >= 15 is 0 Å². The number of para-hydroxylation sites is 1. The summed E-state index contributed by atoms with van der Waals surface area (Å²) < 4.78 is 0. The average Bonchev–Trinajstić information content (AvgIpc) is 3.30. The van der Waals surface area contributed by atoms with E-state index in [0.717, 1.165) is 17.1 Å². The normalized spacial score (nSPS) is 11.2. The van der Waals surface area contributed by atoms with Crippen LogP contribution >= 0.6 is 0 Å². The fourth-order valence-corrected chi connectivity index (χ4v) is 8.29.